The smallest absolute Gasteiger partial charge is 0.134 e. The number of aromatic nitrogens is 1. The van der Waals surface area contributed by atoms with E-state index in [0.29, 0.717) is 0 Å². The van der Waals surface area contributed by atoms with Crippen molar-refractivity contribution in [2.75, 3.05) is 11.9 Å². The maximum absolute atomic E-state index is 9.75. The van der Waals surface area contributed by atoms with Crippen LogP contribution in [0.15, 0.2) is 34.2 Å². The van der Waals surface area contributed by atoms with Crippen molar-refractivity contribution in [1.82, 2.24) is 4.98 Å². The van der Waals surface area contributed by atoms with Crippen LogP contribution < -0.4 is 4.90 Å². The summed E-state index contributed by atoms with van der Waals surface area (Å²) in [6.07, 6.45) is 1.24. The van der Waals surface area contributed by atoms with Crippen molar-refractivity contribution in [2.24, 2.45) is 0 Å². The van der Waals surface area contributed by atoms with Gasteiger partial charge in [-0.2, -0.15) is 0 Å². The van der Waals surface area contributed by atoms with E-state index in [-0.39, 0.29) is 0 Å². The van der Waals surface area contributed by atoms with E-state index in [2.05, 4.69) is 37.3 Å². The Kier molecular flexibility index (Phi) is 4.37. The number of aliphatic hydroxyl groups excluding tert-OH is 1. The van der Waals surface area contributed by atoms with Gasteiger partial charge in [0.15, 0.2) is 0 Å². The van der Waals surface area contributed by atoms with Gasteiger partial charge in [-0.15, -0.1) is 11.3 Å². The third kappa shape index (κ3) is 3.10. The van der Waals surface area contributed by atoms with E-state index < -0.39 is 6.10 Å². The Morgan fingerprint density at radius 1 is 1.56 bits per heavy atom. The molecule has 0 unspecified atom stereocenters. The summed E-state index contributed by atoms with van der Waals surface area (Å²) in [5.74, 6) is 0.831. The molecule has 1 N–H and O–H groups in total. The highest BCUT2D eigenvalue weighted by Crippen LogP contribution is 2.26. The molecule has 2 aromatic rings. The number of hydrogen-bond donors (Lipinski definition) is 1. The van der Waals surface area contributed by atoms with Gasteiger partial charge in [-0.3, -0.25) is 0 Å². The first-order valence-corrected chi connectivity index (χ1v) is 7.32. The van der Waals surface area contributed by atoms with Gasteiger partial charge in [0, 0.05) is 33.5 Å². The zero-order valence-electron chi connectivity index (χ0n) is 10.3. The summed E-state index contributed by atoms with van der Waals surface area (Å²) in [5.41, 5.74) is 0.857. The van der Waals surface area contributed by atoms with Crippen molar-refractivity contribution in [3.63, 3.8) is 0 Å². The minimum absolute atomic E-state index is 0.508. The van der Waals surface area contributed by atoms with Gasteiger partial charge >= 0.3 is 0 Å². The van der Waals surface area contributed by atoms with Gasteiger partial charge in [0.2, 0.25) is 0 Å². The Bertz CT molecular complexity index is 527. The maximum Gasteiger partial charge on any atom is 0.134 e. The molecule has 2 aromatic heterocycles. The van der Waals surface area contributed by atoms with Crippen LogP contribution in [0.25, 0.3) is 0 Å². The number of hydrogen-bond acceptors (Lipinski definition) is 4. The number of nitrogens with zero attached hydrogens (tertiary/aromatic N) is 2. The molecule has 0 aliphatic carbocycles. The number of halogens is 1. The Balaban J connectivity index is 2.20. The normalized spacial score (nSPS) is 12.4. The van der Waals surface area contributed by atoms with Gasteiger partial charge in [0.25, 0.3) is 0 Å². The first kappa shape index (κ1) is 13.5. The molecule has 2 rings (SSSR count). The highest BCUT2D eigenvalue weighted by Gasteiger charge is 2.13. The van der Waals surface area contributed by atoms with Gasteiger partial charge in [0.1, 0.15) is 5.82 Å². The van der Waals surface area contributed by atoms with Gasteiger partial charge in [0.05, 0.1) is 12.6 Å². The topological polar surface area (TPSA) is 36.4 Å². The molecule has 0 saturated carbocycles. The molecule has 0 bridgehead atoms. The molecule has 0 radical (unpaired) electrons. The van der Waals surface area contributed by atoms with Crippen molar-refractivity contribution in [3.05, 3.63) is 44.7 Å². The lowest BCUT2D eigenvalue weighted by Crippen LogP contribution is -2.19. The lowest BCUT2D eigenvalue weighted by Gasteiger charge is -2.21. The van der Waals surface area contributed by atoms with E-state index in [9.17, 15) is 5.11 Å². The zero-order chi connectivity index (χ0) is 13.1. The third-order valence-corrected chi connectivity index (χ3v) is 4.33. The summed E-state index contributed by atoms with van der Waals surface area (Å²) in [4.78, 5) is 7.67. The van der Waals surface area contributed by atoms with Crippen LogP contribution in [0.4, 0.5) is 5.82 Å². The number of rotatable bonds is 4. The fraction of sp³-hybridized carbons (Fsp3) is 0.308. The van der Waals surface area contributed by atoms with Gasteiger partial charge in [-0.1, -0.05) is 6.07 Å². The Morgan fingerprint density at radius 3 is 2.94 bits per heavy atom. The molecule has 0 saturated heterocycles. The fourth-order valence-corrected chi connectivity index (χ4v) is 3.30. The quantitative estimate of drug-likeness (QED) is 0.932. The molecule has 0 fully saturated rings. The first-order chi connectivity index (χ1) is 8.58. The average Bonchev–Trinajstić information content (AvgIpc) is 2.74. The Labute approximate surface area is 119 Å². The summed E-state index contributed by atoms with van der Waals surface area (Å²) in [6, 6.07) is 5.86. The van der Waals surface area contributed by atoms with E-state index in [1.165, 1.54) is 4.88 Å². The summed E-state index contributed by atoms with van der Waals surface area (Å²) in [6.45, 7) is 2.54. The van der Waals surface area contributed by atoms with Crippen LogP contribution in [-0.2, 0) is 6.54 Å². The number of thiophene rings is 1. The Morgan fingerprint density at radius 2 is 2.33 bits per heavy atom. The number of pyridine rings is 1. The summed E-state index contributed by atoms with van der Waals surface area (Å²) in [7, 11) is 1.99. The molecule has 18 heavy (non-hydrogen) atoms. The molecule has 0 spiro atoms. The second-order valence-electron chi connectivity index (χ2n) is 4.18. The lowest BCUT2D eigenvalue weighted by molar-refractivity contribution is 0.199. The molecule has 0 aromatic carbocycles. The van der Waals surface area contributed by atoms with Crippen LogP contribution in [0, 0.1) is 0 Å². The van der Waals surface area contributed by atoms with Crippen molar-refractivity contribution in [1.29, 1.82) is 0 Å². The van der Waals surface area contributed by atoms with Gasteiger partial charge < -0.3 is 10.0 Å². The fourth-order valence-electron chi connectivity index (χ4n) is 1.80. The van der Waals surface area contributed by atoms with Crippen molar-refractivity contribution in [2.45, 2.75) is 19.6 Å². The van der Waals surface area contributed by atoms with Gasteiger partial charge in [-0.25, -0.2) is 4.98 Å². The van der Waals surface area contributed by atoms with Crippen LogP contribution in [0.1, 0.15) is 23.5 Å². The molecule has 0 amide bonds. The van der Waals surface area contributed by atoms with E-state index >= 15 is 0 Å². The third-order valence-electron chi connectivity index (χ3n) is 2.64. The largest absolute Gasteiger partial charge is 0.389 e. The zero-order valence-corrected chi connectivity index (χ0v) is 12.7. The number of aliphatic hydroxyl groups is 1. The molecule has 0 aliphatic rings. The van der Waals surface area contributed by atoms with E-state index in [4.69, 9.17) is 0 Å². The molecule has 5 heteroatoms. The predicted octanol–water partition coefficient (Wildman–Crippen LogP) is 3.60. The van der Waals surface area contributed by atoms with Gasteiger partial charge in [-0.05, 0) is 35.0 Å². The second-order valence-corrected chi connectivity index (χ2v) is 6.09. The van der Waals surface area contributed by atoms with Crippen LogP contribution >= 0.6 is 27.3 Å². The molecule has 2 heterocycles. The molecule has 1 atom stereocenters. The van der Waals surface area contributed by atoms with E-state index in [1.807, 2.05) is 19.2 Å². The number of anilines is 1. The minimum Gasteiger partial charge on any atom is -0.389 e. The summed E-state index contributed by atoms with van der Waals surface area (Å²) < 4.78 is 1.10. The standard InChI is InChI=1S/C13H15BrN2OS/c1-9(17)12-4-3-5-15-13(12)16(2)7-11-6-10(14)8-18-11/h3-6,8-9,17H,7H2,1-2H3/t9-/m1/s1. The highest BCUT2D eigenvalue weighted by atomic mass is 79.9. The molecular weight excluding hydrogens is 312 g/mol. The second kappa shape index (κ2) is 5.82. The molecule has 96 valence electrons. The van der Waals surface area contributed by atoms with E-state index in [1.54, 1.807) is 24.5 Å². The summed E-state index contributed by atoms with van der Waals surface area (Å²) in [5, 5.41) is 11.8. The monoisotopic (exact) mass is 326 g/mol. The summed E-state index contributed by atoms with van der Waals surface area (Å²) >= 11 is 5.16. The molecule has 3 nitrogen and oxygen atoms in total. The maximum atomic E-state index is 9.75. The van der Waals surface area contributed by atoms with Crippen molar-refractivity contribution < 1.29 is 5.11 Å². The van der Waals surface area contributed by atoms with Crippen LogP contribution in [0.5, 0.6) is 0 Å². The van der Waals surface area contributed by atoms with Crippen molar-refractivity contribution in [3.8, 4) is 0 Å². The molecular formula is C13H15BrN2OS. The lowest BCUT2D eigenvalue weighted by atomic mass is 10.1. The van der Waals surface area contributed by atoms with Crippen molar-refractivity contribution >= 4 is 33.1 Å². The average molecular weight is 327 g/mol. The predicted molar refractivity (Wildman–Crippen MR) is 79.0 cm³/mol. The van der Waals surface area contributed by atoms with Crippen LogP contribution in [0.2, 0.25) is 0 Å². The Hall–Kier alpha value is -0.910. The highest BCUT2D eigenvalue weighted by molar-refractivity contribution is 9.10. The SMILES string of the molecule is C[C@@H](O)c1cccnc1N(C)Cc1cc(Br)cs1. The van der Waals surface area contributed by atoms with E-state index in [0.717, 1.165) is 22.4 Å². The first-order valence-electron chi connectivity index (χ1n) is 5.65. The van der Waals surface area contributed by atoms with Crippen LogP contribution in [0.3, 0.4) is 0 Å². The minimum atomic E-state index is -0.508. The van der Waals surface area contributed by atoms with Crippen LogP contribution in [-0.4, -0.2) is 17.1 Å². The molecule has 0 aliphatic heterocycles.